The number of benzene rings is 5. The number of nitrogens with zero attached hydrogens (tertiary/aromatic N) is 1. The summed E-state index contributed by atoms with van der Waals surface area (Å²) >= 11 is 3.63. The van der Waals surface area contributed by atoms with Crippen molar-refractivity contribution in [1.29, 1.82) is 0 Å². The van der Waals surface area contributed by atoms with Gasteiger partial charge in [0.05, 0.1) is 10.2 Å². The number of hydrogen-bond donors (Lipinski definition) is 0. The molecule has 0 saturated carbocycles. The largest absolute Gasteiger partial charge is 0.488 e. The van der Waals surface area contributed by atoms with Crippen LogP contribution in [-0.4, -0.2) is 6.21 Å². The molecule has 0 aliphatic carbocycles. The lowest BCUT2D eigenvalue weighted by molar-refractivity contribution is 0.305. The van der Waals surface area contributed by atoms with Crippen molar-refractivity contribution in [3.05, 3.63) is 131 Å². The summed E-state index contributed by atoms with van der Waals surface area (Å²) in [5.41, 5.74) is 3.00. The van der Waals surface area contributed by atoms with Crippen LogP contribution in [0.2, 0.25) is 0 Å². The summed E-state index contributed by atoms with van der Waals surface area (Å²) in [6, 6.07) is 38.0. The maximum absolute atomic E-state index is 6.11. The van der Waals surface area contributed by atoms with Gasteiger partial charge < -0.3 is 9.47 Å². The zero-order chi connectivity index (χ0) is 23.2. The molecule has 0 radical (unpaired) electrons. The Kier molecular flexibility index (Phi) is 6.68. The molecule has 166 valence electrons. The minimum Gasteiger partial charge on any atom is -0.488 e. The predicted molar refractivity (Wildman–Crippen MR) is 143 cm³/mol. The smallest absolute Gasteiger partial charge is 0.134 e. The normalized spacial score (nSPS) is 11.1. The summed E-state index contributed by atoms with van der Waals surface area (Å²) < 4.78 is 12.8. The van der Waals surface area contributed by atoms with Gasteiger partial charge >= 0.3 is 0 Å². The van der Waals surface area contributed by atoms with Crippen LogP contribution in [0.3, 0.4) is 0 Å². The Bertz CT molecular complexity index is 1420. The van der Waals surface area contributed by atoms with Gasteiger partial charge in [-0.25, -0.2) is 0 Å². The molecule has 3 nitrogen and oxygen atoms in total. The van der Waals surface area contributed by atoms with Gasteiger partial charge in [0.1, 0.15) is 23.9 Å². The van der Waals surface area contributed by atoms with E-state index in [0.717, 1.165) is 38.5 Å². The fourth-order valence-electron chi connectivity index (χ4n) is 3.66. The second-order valence-corrected chi connectivity index (χ2v) is 8.64. The Hall–Kier alpha value is -3.89. The maximum atomic E-state index is 6.11. The van der Waals surface area contributed by atoms with E-state index in [1.54, 1.807) is 0 Å². The highest BCUT2D eigenvalue weighted by atomic mass is 79.9. The van der Waals surface area contributed by atoms with Crippen molar-refractivity contribution in [2.24, 2.45) is 4.99 Å². The van der Waals surface area contributed by atoms with Crippen LogP contribution in [0, 0.1) is 0 Å². The number of ether oxygens (including phenoxy) is 2. The molecule has 0 aliphatic heterocycles. The van der Waals surface area contributed by atoms with E-state index >= 15 is 0 Å². The fraction of sp³-hybridized carbons (Fsp3) is 0.0333. The second-order valence-electron chi connectivity index (χ2n) is 7.78. The highest BCUT2D eigenvalue weighted by Crippen LogP contribution is 2.28. The van der Waals surface area contributed by atoms with Gasteiger partial charge in [0.15, 0.2) is 0 Å². The van der Waals surface area contributed by atoms with E-state index in [0.29, 0.717) is 6.61 Å². The van der Waals surface area contributed by atoms with Crippen molar-refractivity contribution in [3.63, 3.8) is 0 Å². The van der Waals surface area contributed by atoms with Crippen molar-refractivity contribution < 1.29 is 9.47 Å². The van der Waals surface area contributed by atoms with E-state index in [9.17, 15) is 0 Å². The molecule has 0 saturated heterocycles. The van der Waals surface area contributed by atoms with E-state index < -0.39 is 0 Å². The molecule has 0 bridgehead atoms. The number of fused-ring (bicyclic) bond motifs is 1. The number of halogens is 1. The van der Waals surface area contributed by atoms with E-state index in [1.807, 2.05) is 79.0 Å². The molecule has 0 amide bonds. The van der Waals surface area contributed by atoms with Crippen LogP contribution in [-0.2, 0) is 6.61 Å². The molecule has 0 atom stereocenters. The lowest BCUT2D eigenvalue weighted by Crippen LogP contribution is -1.97. The minimum absolute atomic E-state index is 0.505. The number of para-hydroxylation sites is 1. The molecule has 5 aromatic carbocycles. The molecule has 34 heavy (non-hydrogen) atoms. The maximum Gasteiger partial charge on any atom is 0.134 e. The van der Waals surface area contributed by atoms with Gasteiger partial charge in [0, 0.05) is 6.21 Å². The first-order valence-corrected chi connectivity index (χ1v) is 11.8. The summed E-state index contributed by atoms with van der Waals surface area (Å²) in [4.78, 5) is 4.58. The molecule has 0 heterocycles. The van der Waals surface area contributed by atoms with Crippen LogP contribution >= 0.6 is 15.9 Å². The average molecular weight is 508 g/mol. The van der Waals surface area contributed by atoms with Crippen LogP contribution in [0.5, 0.6) is 17.2 Å². The van der Waals surface area contributed by atoms with Crippen LogP contribution in [0.1, 0.15) is 11.1 Å². The van der Waals surface area contributed by atoms with Crippen LogP contribution < -0.4 is 9.47 Å². The van der Waals surface area contributed by atoms with Gasteiger partial charge in [-0.3, -0.25) is 4.99 Å². The molecular weight excluding hydrogens is 486 g/mol. The first-order valence-electron chi connectivity index (χ1n) is 11.0. The standard InChI is InChI=1S/C30H22BrNO2/c31-29-19-22(20-32-25-14-16-27(17-15-25)34-26-10-2-1-3-11-26)13-18-30(29)33-21-24-9-6-8-23-7-4-5-12-28(23)24/h1-20H,21H2. The fourth-order valence-corrected chi connectivity index (χ4v) is 4.17. The first kappa shape index (κ1) is 21.9. The van der Waals surface area contributed by atoms with E-state index in [-0.39, 0.29) is 0 Å². The van der Waals surface area contributed by atoms with Crippen LogP contribution in [0.4, 0.5) is 5.69 Å². The van der Waals surface area contributed by atoms with Gasteiger partial charge in [0.2, 0.25) is 0 Å². The summed E-state index contributed by atoms with van der Waals surface area (Å²) in [5, 5.41) is 2.43. The van der Waals surface area contributed by atoms with Crippen LogP contribution in [0.25, 0.3) is 10.8 Å². The number of aliphatic imine (C=N–C) groups is 1. The Morgan fingerprint density at radius 2 is 1.44 bits per heavy atom. The highest BCUT2D eigenvalue weighted by Gasteiger charge is 2.05. The summed E-state index contributed by atoms with van der Waals surface area (Å²) in [6.07, 6.45) is 1.84. The summed E-state index contributed by atoms with van der Waals surface area (Å²) in [6.45, 7) is 0.505. The van der Waals surface area contributed by atoms with E-state index in [2.05, 4.69) is 63.4 Å². The Morgan fingerprint density at radius 3 is 2.26 bits per heavy atom. The zero-order valence-corrected chi connectivity index (χ0v) is 20.0. The molecule has 0 aromatic heterocycles. The van der Waals surface area contributed by atoms with Crippen LogP contribution in [0.15, 0.2) is 125 Å². The zero-order valence-electron chi connectivity index (χ0n) is 18.4. The minimum atomic E-state index is 0.505. The third kappa shape index (κ3) is 5.36. The molecule has 0 N–H and O–H groups in total. The average Bonchev–Trinajstić information content (AvgIpc) is 2.88. The third-order valence-corrected chi connectivity index (χ3v) is 6.02. The van der Waals surface area contributed by atoms with Gasteiger partial charge in [-0.05, 0) is 92.4 Å². The third-order valence-electron chi connectivity index (χ3n) is 5.40. The van der Waals surface area contributed by atoms with Crippen molar-refractivity contribution >= 4 is 38.6 Å². The second kappa shape index (κ2) is 10.4. The van der Waals surface area contributed by atoms with Crippen molar-refractivity contribution in [1.82, 2.24) is 0 Å². The Morgan fingerprint density at radius 1 is 0.706 bits per heavy atom. The summed E-state index contributed by atoms with van der Waals surface area (Å²) in [7, 11) is 0. The van der Waals surface area contributed by atoms with Gasteiger partial charge in [-0.2, -0.15) is 0 Å². The lowest BCUT2D eigenvalue weighted by atomic mass is 10.1. The molecule has 0 aliphatic rings. The van der Waals surface area contributed by atoms with E-state index in [1.165, 1.54) is 10.8 Å². The van der Waals surface area contributed by atoms with Gasteiger partial charge in [-0.1, -0.05) is 60.7 Å². The molecule has 0 fully saturated rings. The van der Waals surface area contributed by atoms with Crippen molar-refractivity contribution in [3.8, 4) is 17.2 Å². The Labute approximate surface area is 207 Å². The summed E-state index contributed by atoms with van der Waals surface area (Å²) in [5.74, 6) is 2.39. The molecule has 4 heteroatoms. The van der Waals surface area contributed by atoms with Crippen molar-refractivity contribution in [2.75, 3.05) is 0 Å². The highest BCUT2D eigenvalue weighted by molar-refractivity contribution is 9.10. The Balaban J connectivity index is 1.23. The van der Waals surface area contributed by atoms with E-state index in [4.69, 9.17) is 9.47 Å². The monoisotopic (exact) mass is 507 g/mol. The van der Waals surface area contributed by atoms with Gasteiger partial charge in [0.25, 0.3) is 0 Å². The molecule has 5 aromatic rings. The van der Waals surface area contributed by atoms with Crippen molar-refractivity contribution in [2.45, 2.75) is 6.61 Å². The lowest BCUT2D eigenvalue weighted by Gasteiger charge is -2.11. The predicted octanol–water partition coefficient (Wildman–Crippen LogP) is 8.72. The number of hydrogen-bond acceptors (Lipinski definition) is 3. The number of rotatable bonds is 7. The molecule has 0 spiro atoms. The molecular formula is C30H22BrNO2. The SMILES string of the molecule is Brc1cc(C=Nc2ccc(Oc3ccccc3)cc2)ccc1OCc1cccc2ccccc12. The molecule has 0 unspecified atom stereocenters. The molecule has 5 rings (SSSR count). The topological polar surface area (TPSA) is 30.8 Å². The quantitative estimate of drug-likeness (QED) is 0.206. The first-order chi connectivity index (χ1) is 16.7. The van der Waals surface area contributed by atoms with Gasteiger partial charge in [-0.15, -0.1) is 0 Å².